The van der Waals surface area contributed by atoms with Gasteiger partial charge in [0.05, 0.1) is 6.42 Å². The van der Waals surface area contributed by atoms with Crippen LogP contribution >= 0.6 is 0 Å². The molecule has 0 radical (unpaired) electrons. The molecule has 1 heterocycles. The lowest BCUT2D eigenvalue weighted by Gasteiger charge is -2.25. The zero-order valence-corrected chi connectivity index (χ0v) is 8.24. The molecule has 14 heavy (non-hydrogen) atoms. The van der Waals surface area contributed by atoms with Crippen LogP contribution in [0.1, 0.15) is 19.3 Å². The fourth-order valence-electron chi connectivity index (χ4n) is 1.60. The molecule has 0 aromatic rings. The Morgan fingerprint density at radius 1 is 1.07 bits per heavy atom. The van der Waals surface area contributed by atoms with Gasteiger partial charge < -0.3 is 10.2 Å². The van der Waals surface area contributed by atoms with Crippen molar-refractivity contribution in [2.45, 2.75) is 25.4 Å². The van der Waals surface area contributed by atoms with Crippen molar-refractivity contribution in [3.05, 3.63) is 0 Å². The molecule has 5 heteroatoms. The molecule has 0 aromatic carbocycles. The summed E-state index contributed by atoms with van der Waals surface area (Å²) in [7, 11) is 0. The van der Waals surface area contributed by atoms with Crippen molar-refractivity contribution in [1.29, 1.82) is 0 Å². The zero-order valence-electron chi connectivity index (χ0n) is 8.24. The largest absolute Gasteiger partial charge is 0.390 e. The van der Waals surface area contributed by atoms with E-state index >= 15 is 0 Å². The molecule has 1 rings (SSSR count). The Kier molecular flexibility index (Phi) is 4.68. The third-order valence-corrected chi connectivity index (χ3v) is 2.37. The normalized spacial score (nSPS) is 21.6. The molecule has 0 aliphatic carbocycles. The van der Waals surface area contributed by atoms with E-state index in [0.29, 0.717) is 0 Å². The standard InChI is InChI=1S/C9H17F3N2/c10-9(11,12)3-8-14-6-1-4-13-5-2-7-14/h13H,1-8H2. The molecule has 0 unspecified atom stereocenters. The highest BCUT2D eigenvalue weighted by molar-refractivity contribution is 4.65. The predicted octanol–water partition coefficient (Wildman–Crippen LogP) is 1.62. The average molecular weight is 210 g/mol. The highest BCUT2D eigenvalue weighted by Crippen LogP contribution is 2.19. The predicted molar refractivity (Wildman–Crippen MR) is 49.2 cm³/mol. The van der Waals surface area contributed by atoms with Crippen molar-refractivity contribution >= 4 is 0 Å². The SMILES string of the molecule is FC(F)(F)CCN1CCCNCCC1. The molecule has 2 nitrogen and oxygen atoms in total. The van der Waals surface area contributed by atoms with Gasteiger partial charge in [-0.25, -0.2) is 0 Å². The Labute approximate surface area is 82.5 Å². The number of nitrogens with zero attached hydrogens (tertiary/aromatic N) is 1. The molecule has 0 saturated carbocycles. The maximum atomic E-state index is 12.0. The quantitative estimate of drug-likeness (QED) is 0.745. The van der Waals surface area contributed by atoms with Crippen LogP contribution in [-0.4, -0.2) is 43.8 Å². The molecule has 1 fully saturated rings. The van der Waals surface area contributed by atoms with Crippen LogP contribution in [0.5, 0.6) is 0 Å². The number of nitrogens with one attached hydrogen (secondary N) is 1. The monoisotopic (exact) mass is 210 g/mol. The van der Waals surface area contributed by atoms with Gasteiger partial charge in [0, 0.05) is 6.54 Å². The molecule has 1 aliphatic heterocycles. The van der Waals surface area contributed by atoms with Gasteiger partial charge in [0.1, 0.15) is 0 Å². The van der Waals surface area contributed by atoms with Crippen molar-refractivity contribution in [2.75, 3.05) is 32.7 Å². The lowest BCUT2D eigenvalue weighted by atomic mass is 10.2. The minimum atomic E-state index is -4.01. The summed E-state index contributed by atoms with van der Waals surface area (Å²) in [5, 5.41) is 3.23. The van der Waals surface area contributed by atoms with Crippen LogP contribution in [0, 0.1) is 0 Å². The molecular formula is C9H17F3N2. The maximum Gasteiger partial charge on any atom is 0.390 e. The van der Waals surface area contributed by atoms with Crippen molar-refractivity contribution < 1.29 is 13.2 Å². The Bertz CT molecular complexity index is 151. The molecule has 0 atom stereocenters. The van der Waals surface area contributed by atoms with Crippen LogP contribution in [-0.2, 0) is 0 Å². The van der Waals surface area contributed by atoms with Crippen molar-refractivity contribution in [1.82, 2.24) is 10.2 Å². The molecule has 0 bridgehead atoms. The summed E-state index contributed by atoms with van der Waals surface area (Å²) in [6.07, 6.45) is -2.81. The Balaban J connectivity index is 2.20. The second kappa shape index (κ2) is 5.56. The topological polar surface area (TPSA) is 15.3 Å². The van der Waals surface area contributed by atoms with E-state index in [0.717, 1.165) is 39.0 Å². The summed E-state index contributed by atoms with van der Waals surface area (Å²) in [4.78, 5) is 1.91. The lowest BCUT2D eigenvalue weighted by Crippen LogP contribution is -2.35. The molecule has 0 spiro atoms. The Morgan fingerprint density at radius 2 is 1.64 bits per heavy atom. The van der Waals surface area contributed by atoms with Gasteiger partial charge in [0.2, 0.25) is 0 Å². The molecule has 1 aliphatic rings. The molecule has 84 valence electrons. The van der Waals surface area contributed by atoms with E-state index in [1.807, 2.05) is 4.90 Å². The average Bonchev–Trinajstić information content (AvgIpc) is 2.00. The van der Waals surface area contributed by atoms with Gasteiger partial charge in [-0.15, -0.1) is 0 Å². The van der Waals surface area contributed by atoms with Crippen LogP contribution in [0.15, 0.2) is 0 Å². The van der Waals surface area contributed by atoms with E-state index in [9.17, 15) is 13.2 Å². The van der Waals surface area contributed by atoms with Gasteiger partial charge in [-0.1, -0.05) is 0 Å². The first-order valence-corrected chi connectivity index (χ1v) is 5.08. The molecule has 0 aromatic heterocycles. The number of alkyl halides is 3. The number of rotatable bonds is 2. The first-order chi connectivity index (χ1) is 6.58. The third-order valence-electron chi connectivity index (χ3n) is 2.37. The molecule has 1 N–H and O–H groups in total. The van der Waals surface area contributed by atoms with E-state index in [1.54, 1.807) is 0 Å². The first-order valence-electron chi connectivity index (χ1n) is 5.08. The smallest absolute Gasteiger partial charge is 0.317 e. The second-order valence-corrected chi connectivity index (χ2v) is 3.66. The van der Waals surface area contributed by atoms with Gasteiger partial charge in [-0.05, 0) is 39.0 Å². The van der Waals surface area contributed by atoms with E-state index in [4.69, 9.17) is 0 Å². The highest BCUT2D eigenvalue weighted by atomic mass is 19.4. The fraction of sp³-hybridized carbons (Fsp3) is 1.00. The van der Waals surface area contributed by atoms with Crippen molar-refractivity contribution in [3.8, 4) is 0 Å². The van der Waals surface area contributed by atoms with E-state index < -0.39 is 12.6 Å². The fourth-order valence-corrected chi connectivity index (χ4v) is 1.60. The van der Waals surface area contributed by atoms with Gasteiger partial charge in [-0.2, -0.15) is 13.2 Å². The molecule has 1 saturated heterocycles. The molecular weight excluding hydrogens is 193 g/mol. The summed E-state index contributed by atoms with van der Waals surface area (Å²) in [6.45, 7) is 3.56. The highest BCUT2D eigenvalue weighted by Gasteiger charge is 2.27. The Morgan fingerprint density at radius 3 is 2.14 bits per heavy atom. The van der Waals surface area contributed by atoms with Crippen LogP contribution in [0.2, 0.25) is 0 Å². The summed E-state index contributed by atoms with van der Waals surface area (Å²) >= 11 is 0. The number of halogens is 3. The van der Waals surface area contributed by atoms with E-state index in [1.165, 1.54) is 0 Å². The third kappa shape index (κ3) is 5.44. The summed E-state index contributed by atoms with van der Waals surface area (Å²) in [6, 6.07) is 0. The van der Waals surface area contributed by atoms with Gasteiger partial charge in [0.25, 0.3) is 0 Å². The summed E-state index contributed by atoms with van der Waals surface area (Å²) in [5.41, 5.74) is 0. The van der Waals surface area contributed by atoms with E-state index in [-0.39, 0.29) is 6.54 Å². The van der Waals surface area contributed by atoms with Crippen LogP contribution < -0.4 is 5.32 Å². The summed E-state index contributed by atoms with van der Waals surface area (Å²) in [5.74, 6) is 0. The van der Waals surface area contributed by atoms with Crippen LogP contribution in [0.4, 0.5) is 13.2 Å². The van der Waals surface area contributed by atoms with Crippen molar-refractivity contribution in [2.24, 2.45) is 0 Å². The minimum Gasteiger partial charge on any atom is -0.317 e. The van der Waals surface area contributed by atoms with E-state index in [2.05, 4.69) is 5.32 Å². The first kappa shape index (κ1) is 11.8. The van der Waals surface area contributed by atoms with Crippen molar-refractivity contribution in [3.63, 3.8) is 0 Å². The van der Waals surface area contributed by atoms with Crippen LogP contribution in [0.25, 0.3) is 0 Å². The zero-order chi connectivity index (χ0) is 10.4. The second-order valence-electron chi connectivity index (χ2n) is 3.66. The lowest BCUT2D eigenvalue weighted by molar-refractivity contribution is -0.138. The summed E-state index contributed by atoms with van der Waals surface area (Å²) < 4.78 is 35.9. The number of hydrogen-bond donors (Lipinski definition) is 1. The Hall–Kier alpha value is -0.290. The maximum absolute atomic E-state index is 12.0. The van der Waals surface area contributed by atoms with Gasteiger partial charge in [0.15, 0.2) is 0 Å². The van der Waals surface area contributed by atoms with Gasteiger partial charge in [-0.3, -0.25) is 0 Å². The van der Waals surface area contributed by atoms with Crippen LogP contribution in [0.3, 0.4) is 0 Å². The number of hydrogen-bond acceptors (Lipinski definition) is 2. The van der Waals surface area contributed by atoms with Gasteiger partial charge >= 0.3 is 6.18 Å². The minimum absolute atomic E-state index is 0.156. The molecule has 0 amide bonds.